The van der Waals surface area contributed by atoms with Crippen molar-refractivity contribution in [1.29, 1.82) is 0 Å². The first kappa shape index (κ1) is 15.5. The summed E-state index contributed by atoms with van der Waals surface area (Å²) >= 11 is 7.42. The van der Waals surface area contributed by atoms with E-state index in [1.54, 1.807) is 11.3 Å². The van der Waals surface area contributed by atoms with Crippen LogP contribution in [-0.2, 0) is 23.5 Å². The molecule has 0 bridgehead atoms. The maximum Gasteiger partial charge on any atom is 0.0929 e. The summed E-state index contributed by atoms with van der Waals surface area (Å²) in [6.07, 6.45) is 4.19. The molecule has 4 heteroatoms. The molecule has 0 unspecified atom stereocenters. The van der Waals surface area contributed by atoms with Crippen LogP contribution >= 0.6 is 22.9 Å². The van der Waals surface area contributed by atoms with Gasteiger partial charge in [0.2, 0.25) is 0 Å². The van der Waals surface area contributed by atoms with Crippen LogP contribution in [0, 0.1) is 0 Å². The standard InChI is InChI=1S/C16H20ClNOS/c17-12-15-13-20-16(18-15)9-5-11-19-10-4-8-14-6-2-1-3-7-14/h1-3,6-7,13H,4-5,8-12H2. The molecule has 0 N–H and O–H groups in total. The van der Waals surface area contributed by atoms with E-state index in [9.17, 15) is 0 Å². The zero-order valence-electron chi connectivity index (χ0n) is 11.6. The maximum atomic E-state index is 5.73. The van der Waals surface area contributed by atoms with E-state index in [1.807, 2.05) is 11.4 Å². The number of aryl methyl sites for hydroxylation is 2. The molecule has 0 aliphatic rings. The molecule has 0 saturated carbocycles. The van der Waals surface area contributed by atoms with Crippen LogP contribution in [0.1, 0.15) is 29.1 Å². The van der Waals surface area contributed by atoms with Gasteiger partial charge in [-0.05, 0) is 24.8 Å². The highest BCUT2D eigenvalue weighted by Crippen LogP contribution is 2.13. The number of rotatable bonds is 9. The molecule has 0 amide bonds. The zero-order chi connectivity index (χ0) is 14.0. The summed E-state index contributed by atoms with van der Waals surface area (Å²) < 4.78 is 5.66. The average molecular weight is 310 g/mol. The van der Waals surface area contributed by atoms with Gasteiger partial charge in [-0.1, -0.05) is 30.3 Å². The highest BCUT2D eigenvalue weighted by molar-refractivity contribution is 7.09. The first-order valence-corrected chi connectivity index (χ1v) is 8.41. The molecule has 20 heavy (non-hydrogen) atoms. The molecule has 1 aromatic carbocycles. The third-order valence-corrected chi connectivity index (χ3v) is 4.24. The smallest absolute Gasteiger partial charge is 0.0929 e. The largest absolute Gasteiger partial charge is 0.381 e. The number of benzene rings is 1. The van der Waals surface area contributed by atoms with Crippen molar-refractivity contribution in [2.75, 3.05) is 13.2 Å². The van der Waals surface area contributed by atoms with E-state index in [2.05, 4.69) is 29.2 Å². The SMILES string of the molecule is ClCc1csc(CCCOCCCc2ccccc2)n1. The second kappa shape index (κ2) is 9.11. The van der Waals surface area contributed by atoms with Crippen molar-refractivity contribution in [3.63, 3.8) is 0 Å². The highest BCUT2D eigenvalue weighted by atomic mass is 35.5. The summed E-state index contributed by atoms with van der Waals surface area (Å²) in [4.78, 5) is 4.43. The van der Waals surface area contributed by atoms with Gasteiger partial charge in [-0.15, -0.1) is 22.9 Å². The fourth-order valence-corrected chi connectivity index (χ4v) is 3.04. The van der Waals surface area contributed by atoms with Crippen molar-refractivity contribution in [2.24, 2.45) is 0 Å². The van der Waals surface area contributed by atoms with Crippen molar-refractivity contribution in [3.05, 3.63) is 52.0 Å². The van der Waals surface area contributed by atoms with Gasteiger partial charge in [0.15, 0.2) is 0 Å². The molecular formula is C16H20ClNOS. The number of hydrogen-bond acceptors (Lipinski definition) is 3. The van der Waals surface area contributed by atoms with Crippen LogP contribution in [0.2, 0.25) is 0 Å². The molecule has 1 aromatic heterocycles. The fraction of sp³-hybridized carbons (Fsp3) is 0.438. The lowest BCUT2D eigenvalue weighted by Gasteiger charge is -2.03. The van der Waals surface area contributed by atoms with Gasteiger partial charge < -0.3 is 4.74 Å². The van der Waals surface area contributed by atoms with Gasteiger partial charge >= 0.3 is 0 Å². The van der Waals surface area contributed by atoms with Gasteiger partial charge in [0, 0.05) is 25.0 Å². The van der Waals surface area contributed by atoms with Gasteiger partial charge in [-0.2, -0.15) is 0 Å². The van der Waals surface area contributed by atoms with E-state index in [4.69, 9.17) is 16.3 Å². The number of ether oxygens (including phenoxy) is 1. The summed E-state index contributed by atoms with van der Waals surface area (Å²) in [7, 11) is 0. The number of hydrogen-bond donors (Lipinski definition) is 0. The Labute approximate surface area is 129 Å². The minimum Gasteiger partial charge on any atom is -0.381 e. The van der Waals surface area contributed by atoms with E-state index in [-0.39, 0.29) is 0 Å². The lowest BCUT2D eigenvalue weighted by molar-refractivity contribution is 0.130. The Morgan fingerprint density at radius 1 is 1.05 bits per heavy atom. The Morgan fingerprint density at radius 2 is 1.80 bits per heavy atom. The molecule has 0 saturated heterocycles. The number of halogens is 1. The Morgan fingerprint density at radius 3 is 2.50 bits per heavy atom. The number of thiazole rings is 1. The predicted molar refractivity (Wildman–Crippen MR) is 85.6 cm³/mol. The Kier molecular flexibility index (Phi) is 7.06. The predicted octanol–water partition coefficient (Wildman–Crippen LogP) is 4.46. The zero-order valence-corrected chi connectivity index (χ0v) is 13.1. The maximum absolute atomic E-state index is 5.73. The Bertz CT molecular complexity index is 486. The van der Waals surface area contributed by atoms with E-state index in [0.29, 0.717) is 5.88 Å². The molecule has 2 nitrogen and oxygen atoms in total. The average Bonchev–Trinajstić information content (AvgIpc) is 2.95. The topological polar surface area (TPSA) is 22.1 Å². The third kappa shape index (κ3) is 5.61. The second-order valence-electron chi connectivity index (χ2n) is 4.67. The van der Waals surface area contributed by atoms with Gasteiger partial charge in [0.25, 0.3) is 0 Å². The van der Waals surface area contributed by atoms with Crippen molar-refractivity contribution in [2.45, 2.75) is 31.6 Å². The summed E-state index contributed by atoms with van der Waals surface area (Å²) in [6, 6.07) is 10.5. The van der Waals surface area contributed by atoms with Crippen molar-refractivity contribution < 1.29 is 4.74 Å². The van der Waals surface area contributed by atoms with Crippen LogP contribution in [-0.4, -0.2) is 18.2 Å². The quantitative estimate of drug-likeness (QED) is 0.504. The van der Waals surface area contributed by atoms with Crippen LogP contribution in [0.3, 0.4) is 0 Å². The summed E-state index contributed by atoms with van der Waals surface area (Å²) in [5.74, 6) is 0.506. The second-order valence-corrected chi connectivity index (χ2v) is 5.88. The minimum atomic E-state index is 0.506. The fourth-order valence-electron chi connectivity index (χ4n) is 1.98. The monoisotopic (exact) mass is 309 g/mol. The molecule has 0 aliphatic carbocycles. The highest BCUT2D eigenvalue weighted by Gasteiger charge is 2.00. The summed E-state index contributed by atoms with van der Waals surface area (Å²) in [6.45, 7) is 1.64. The van der Waals surface area contributed by atoms with E-state index in [0.717, 1.165) is 49.6 Å². The van der Waals surface area contributed by atoms with Crippen molar-refractivity contribution in [3.8, 4) is 0 Å². The summed E-state index contributed by atoms with van der Waals surface area (Å²) in [5, 5.41) is 3.19. The molecule has 108 valence electrons. The molecule has 1 heterocycles. The Hall–Kier alpha value is -0.900. The first-order valence-electron chi connectivity index (χ1n) is 6.99. The van der Waals surface area contributed by atoms with Gasteiger partial charge in [-0.3, -0.25) is 0 Å². The van der Waals surface area contributed by atoms with Crippen molar-refractivity contribution in [1.82, 2.24) is 4.98 Å². The van der Waals surface area contributed by atoms with E-state index < -0.39 is 0 Å². The van der Waals surface area contributed by atoms with Crippen molar-refractivity contribution >= 4 is 22.9 Å². The van der Waals surface area contributed by atoms with Crippen LogP contribution in [0.15, 0.2) is 35.7 Å². The van der Waals surface area contributed by atoms with Gasteiger partial charge in [-0.25, -0.2) is 4.98 Å². The number of aromatic nitrogens is 1. The molecule has 0 radical (unpaired) electrons. The lowest BCUT2D eigenvalue weighted by Crippen LogP contribution is -2.00. The van der Waals surface area contributed by atoms with Gasteiger partial charge in [0.05, 0.1) is 16.6 Å². The third-order valence-electron chi connectivity index (χ3n) is 3.01. The molecular weight excluding hydrogens is 290 g/mol. The molecule has 0 aliphatic heterocycles. The van der Waals surface area contributed by atoms with Gasteiger partial charge in [0.1, 0.15) is 0 Å². The number of alkyl halides is 1. The van der Waals surface area contributed by atoms with Crippen LogP contribution in [0.5, 0.6) is 0 Å². The van der Waals surface area contributed by atoms with E-state index in [1.165, 1.54) is 5.56 Å². The van der Waals surface area contributed by atoms with Crippen LogP contribution in [0.4, 0.5) is 0 Å². The Balaban J connectivity index is 1.49. The number of nitrogens with zero attached hydrogens (tertiary/aromatic N) is 1. The molecule has 2 aromatic rings. The minimum absolute atomic E-state index is 0.506. The summed E-state index contributed by atoms with van der Waals surface area (Å²) in [5.41, 5.74) is 2.36. The molecule has 0 spiro atoms. The first-order chi connectivity index (χ1) is 9.88. The van der Waals surface area contributed by atoms with E-state index >= 15 is 0 Å². The van der Waals surface area contributed by atoms with Crippen LogP contribution in [0.25, 0.3) is 0 Å². The van der Waals surface area contributed by atoms with Crippen LogP contribution < -0.4 is 0 Å². The normalized spacial score (nSPS) is 10.8. The molecule has 2 rings (SSSR count). The molecule has 0 atom stereocenters. The lowest BCUT2D eigenvalue weighted by atomic mass is 10.1. The molecule has 0 fully saturated rings.